The fourth-order valence-electron chi connectivity index (χ4n) is 3.13. The maximum Gasteiger partial charge on any atom is 0.418 e. The van der Waals surface area contributed by atoms with Crippen LogP contribution in [0.3, 0.4) is 0 Å². The van der Waals surface area contributed by atoms with Crippen LogP contribution in [0, 0.1) is 0 Å². The normalized spacial score (nSPS) is 14.9. The molecule has 1 saturated heterocycles. The predicted molar refractivity (Wildman–Crippen MR) is 102 cm³/mol. The third-order valence-corrected chi connectivity index (χ3v) is 4.98. The molecule has 1 amide bonds. The molecule has 28 heavy (non-hydrogen) atoms. The van der Waals surface area contributed by atoms with Gasteiger partial charge in [0.25, 0.3) is 5.91 Å². The van der Waals surface area contributed by atoms with Crippen molar-refractivity contribution in [1.29, 1.82) is 0 Å². The molecule has 5 nitrogen and oxygen atoms in total. The molecule has 0 spiro atoms. The van der Waals surface area contributed by atoms with Gasteiger partial charge in [0.05, 0.1) is 23.4 Å². The minimum absolute atomic E-state index is 0.124. The van der Waals surface area contributed by atoms with E-state index in [1.807, 2.05) is 24.3 Å². The van der Waals surface area contributed by atoms with Crippen molar-refractivity contribution in [2.75, 3.05) is 43.9 Å². The zero-order chi connectivity index (χ0) is 20.5. The van der Waals surface area contributed by atoms with E-state index in [0.717, 1.165) is 17.5 Å². The fourth-order valence-corrected chi connectivity index (χ4v) is 3.35. The largest absolute Gasteiger partial charge is 0.497 e. The summed E-state index contributed by atoms with van der Waals surface area (Å²) in [6.45, 7) is 1.85. The van der Waals surface area contributed by atoms with Crippen LogP contribution >= 0.6 is 11.6 Å². The van der Waals surface area contributed by atoms with Crippen LogP contribution in [-0.2, 0) is 6.18 Å². The maximum atomic E-state index is 13.1. The van der Waals surface area contributed by atoms with Gasteiger partial charge < -0.3 is 20.3 Å². The van der Waals surface area contributed by atoms with Crippen LogP contribution in [0.4, 0.5) is 24.5 Å². The Bertz CT molecular complexity index is 881. The number of carbonyl (C=O) groups excluding carboxylic acids is 1. The van der Waals surface area contributed by atoms with Gasteiger partial charge in [-0.2, -0.15) is 13.2 Å². The highest BCUT2D eigenvalue weighted by atomic mass is 35.5. The average molecular weight is 414 g/mol. The van der Waals surface area contributed by atoms with Gasteiger partial charge in [-0.15, -0.1) is 0 Å². The smallest absolute Gasteiger partial charge is 0.418 e. The molecule has 0 atom stereocenters. The van der Waals surface area contributed by atoms with Crippen LogP contribution in [0.1, 0.15) is 15.9 Å². The predicted octanol–water partition coefficient (Wildman–Crippen LogP) is 3.91. The van der Waals surface area contributed by atoms with Gasteiger partial charge in [-0.1, -0.05) is 17.7 Å². The fraction of sp³-hybridized carbons (Fsp3) is 0.316. The molecule has 0 saturated carbocycles. The monoisotopic (exact) mass is 413 g/mol. The van der Waals surface area contributed by atoms with E-state index in [1.54, 1.807) is 7.11 Å². The number of nitrogen functional groups attached to an aromatic ring is 1. The Kier molecular flexibility index (Phi) is 5.60. The number of alkyl halides is 3. The number of hydrogen-bond acceptors (Lipinski definition) is 4. The molecule has 9 heteroatoms. The number of anilines is 2. The van der Waals surface area contributed by atoms with Gasteiger partial charge in [0.15, 0.2) is 0 Å². The van der Waals surface area contributed by atoms with Gasteiger partial charge >= 0.3 is 6.18 Å². The van der Waals surface area contributed by atoms with Crippen LogP contribution < -0.4 is 15.4 Å². The summed E-state index contributed by atoms with van der Waals surface area (Å²) in [6, 6.07) is 9.50. The quantitative estimate of drug-likeness (QED) is 0.775. The number of nitrogens with zero attached hydrogens (tertiary/aromatic N) is 2. The number of benzene rings is 2. The Hall–Kier alpha value is -2.61. The Balaban J connectivity index is 1.74. The number of halogens is 4. The zero-order valence-corrected chi connectivity index (χ0v) is 15.8. The summed E-state index contributed by atoms with van der Waals surface area (Å²) < 4.78 is 44.6. The van der Waals surface area contributed by atoms with E-state index in [0.29, 0.717) is 26.2 Å². The minimum Gasteiger partial charge on any atom is -0.497 e. The summed E-state index contributed by atoms with van der Waals surface area (Å²) in [4.78, 5) is 16.3. The molecular formula is C19H19ClF3N3O2. The first kappa shape index (κ1) is 20.1. The lowest BCUT2D eigenvalue weighted by atomic mass is 10.1. The van der Waals surface area contributed by atoms with Crippen molar-refractivity contribution in [3.63, 3.8) is 0 Å². The number of ether oxygens (including phenoxy) is 1. The van der Waals surface area contributed by atoms with Crippen LogP contribution in [0.15, 0.2) is 36.4 Å². The van der Waals surface area contributed by atoms with Crippen LogP contribution in [-0.4, -0.2) is 44.1 Å². The summed E-state index contributed by atoms with van der Waals surface area (Å²) in [6.07, 6.45) is -4.69. The maximum absolute atomic E-state index is 13.1. The molecule has 1 fully saturated rings. The van der Waals surface area contributed by atoms with Crippen LogP contribution in [0.5, 0.6) is 5.75 Å². The Morgan fingerprint density at radius 2 is 1.82 bits per heavy atom. The van der Waals surface area contributed by atoms with E-state index in [1.165, 1.54) is 11.0 Å². The highest BCUT2D eigenvalue weighted by molar-refractivity contribution is 6.33. The van der Waals surface area contributed by atoms with Gasteiger partial charge in [0.1, 0.15) is 5.75 Å². The average Bonchev–Trinajstić information content (AvgIpc) is 2.68. The van der Waals surface area contributed by atoms with Crippen molar-refractivity contribution >= 4 is 28.9 Å². The number of hydrogen-bond donors (Lipinski definition) is 1. The van der Waals surface area contributed by atoms with Crippen molar-refractivity contribution in [1.82, 2.24) is 4.90 Å². The third kappa shape index (κ3) is 4.11. The van der Waals surface area contributed by atoms with E-state index in [2.05, 4.69) is 4.90 Å². The third-order valence-electron chi connectivity index (χ3n) is 4.67. The van der Waals surface area contributed by atoms with E-state index in [9.17, 15) is 18.0 Å². The zero-order valence-electron chi connectivity index (χ0n) is 15.1. The van der Waals surface area contributed by atoms with Crippen molar-refractivity contribution in [3.05, 3.63) is 52.5 Å². The second-order valence-electron chi connectivity index (χ2n) is 6.40. The first-order valence-electron chi connectivity index (χ1n) is 8.55. The van der Waals surface area contributed by atoms with Crippen molar-refractivity contribution < 1.29 is 22.7 Å². The second kappa shape index (κ2) is 7.79. The second-order valence-corrected chi connectivity index (χ2v) is 6.80. The summed E-state index contributed by atoms with van der Waals surface area (Å²) in [7, 11) is 1.59. The molecule has 1 aliphatic heterocycles. The Labute approximate surface area is 165 Å². The summed E-state index contributed by atoms with van der Waals surface area (Å²) in [5.41, 5.74) is 4.59. The van der Waals surface area contributed by atoms with Gasteiger partial charge in [-0.3, -0.25) is 4.79 Å². The van der Waals surface area contributed by atoms with Crippen LogP contribution in [0.2, 0.25) is 5.02 Å². The van der Waals surface area contributed by atoms with E-state index >= 15 is 0 Å². The molecule has 0 aliphatic carbocycles. The van der Waals surface area contributed by atoms with Gasteiger partial charge in [-0.05, 0) is 24.3 Å². The minimum atomic E-state index is -4.69. The van der Waals surface area contributed by atoms with E-state index in [4.69, 9.17) is 22.1 Å². The Morgan fingerprint density at radius 3 is 2.43 bits per heavy atom. The molecular weight excluding hydrogens is 395 g/mol. The molecule has 0 aromatic heterocycles. The van der Waals surface area contributed by atoms with E-state index in [-0.39, 0.29) is 10.6 Å². The molecule has 0 radical (unpaired) electrons. The summed E-state index contributed by atoms with van der Waals surface area (Å²) in [5, 5.41) is -0.284. The topological polar surface area (TPSA) is 58.8 Å². The van der Waals surface area contributed by atoms with Crippen molar-refractivity contribution in [2.45, 2.75) is 6.18 Å². The highest BCUT2D eigenvalue weighted by Gasteiger charge is 2.35. The first-order chi connectivity index (χ1) is 13.2. The lowest BCUT2D eigenvalue weighted by Crippen LogP contribution is -2.48. The molecule has 3 rings (SSSR count). The number of rotatable bonds is 3. The lowest BCUT2D eigenvalue weighted by Gasteiger charge is -2.36. The number of methoxy groups -OCH3 is 1. The molecule has 2 N–H and O–H groups in total. The molecule has 0 bridgehead atoms. The lowest BCUT2D eigenvalue weighted by molar-refractivity contribution is -0.136. The van der Waals surface area contributed by atoms with Crippen LogP contribution in [0.25, 0.3) is 0 Å². The molecule has 1 heterocycles. The standard InChI is InChI=1S/C19H19ClF3N3O2/c1-28-14-4-2-3-13(11-14)25-5-7-26(8-6-25)18(27)12-9-15(19(21,22)23)17(24)16(20)10-12/h2-4,9-11H,5-8,24H2,1H3. The molecule has 1 aliphatic rings. The van der Waals surface area contributed by atoms with Gasteiger partial charge in [0, 0.05) is 43.5 Å². The summed E-state index contributed by atoms with van der Waals surface area (Å²) in [5.74, 6) is 0.227. The number of carbonyl (C=O) groups is 1. The number of amides is 1. The van der Waals surface area contributed by atoms with Crippen molar-refractivity contribution in [3.8, 4) is 5.75 Å². The number of nitrogens with two attached hydrogens (primary N) is 1. The van der Waals surface area contributed by atoms with Crippen molar-refractivity contribution in [2.24, 2.45) is 0 Å². The van der Waals surface area contributed by atoms with E-state index < -0.39 is 23.3 Å². The SMILES string of the molecule is COc1cccc(N2CCN(C(=O)c3cc(Cl)c(N)c(C(F)(F)F)c3)CC2)c1. The Morgan fingerprint density at radius 1 is 1.14 bits per heavy atom. The highest BCUT2D eigenvalue weighted by Crippen LogP contribution is 2.38. The first-order valence-corrected chi connectivity index (χ1v) is 8.93. The molecule has 0 unspecified atom stereocenters. The molecule has 150 valence electrons. The van der Waals surface area contributed by atoms with Gasteiger partial charge in [-0.25, -0.2) is 0 Å². The summed E-state index contributed by atoms with van der Waals surface area (Å²) >= 11 is 5.82. The van der Waals surface area contributed by atoms with Gasteiger partial charge in [0.2, 0.25) is 0 Å². The molecule has 2 aromatic carbocycles. The number of piperazine rings is 1. The molecule has 2 aromatic rings.